The monoisotopic (exact) mass is 285 g/mol. The van der Waals surface area contributed by atoms with Crippen LogP contribution in [-0.2, 0) is 0 Å². The standard InChI is InChI=1S/C16H12ClNO2/c1-20-13-5-3-12(4-6-13)18-9-8-16(19)14-7-2-11(17)10-15(14)18/h2-10H,1H3. The number of rotatable bonds is 2. The van der Waals surface area contributed by atoms with Crippen LogP contribution in [0.5, 0.6) is 5.75 Å². The predicted octanol–water partition coefficient (Wildman–Crippen LogP) is 3.65. The van der Waals surface area contributed by atoms with E-state index in [4.69, 9.17) is 16.3 Å². The van der Waals surface area contributed by atoms with E-state index in [1.54, 1.807) is 37.6 Å². The average Bonchev–Trinajstić information content (AvgIpc) is 2.48. The lowest BCUT2D eigenvalue weighted by atomic mass is 10.2. The summed E-state index contributed by atoms with van der Waals surface area (Å²) in [6.07, 6.45) is 1.75. The number of nitrogens with zero attached hydrogens (tertiary/aromatic N) is 1. The molecule has 100 valence electrons. The average molecular weight is 286 g/mol. The van der Waals surface area contributed by atoms with Crippen molar-refractivity contribution in [2.24, 2.45) is 0 Å². The lowest BCUT2D eigenvalue weighted by molar-refractivity contribution is 0.415. The Balaban J connectivity index is 2.27. The molecule has 20 heavy (non-hydrogen) atoms. The molecule has 0 aliphatic heterocycles. The summed E-state index contributed by atoms with van der Waals surface area (Å²) in [6, 6.07) is 14.5. The highest BCUT2D eigenvalue weighted by molar-refractivity contribution is 6.31. The molecule has 0 fully saturated rings. The fraction of sp³-hybridized carbons (Fsp3) is 0.0625. The van der Waals surface area contributed by atoms with Gasteiger partial charge < -0.3 is 9.30 Å². The summed E-state index contributed by atoms with van der Waals surface area (Å²) in [5.74, 6) is 0.789. The lowest BCUT2D eigenvalue weighted by Gasteiger charge is -2.11. The van der Waals surface area contributed by atoms with Gasteiger partial charge in [0.05, 0.1) is 12.6 Å². The van der Waals surface area contributed by atoms with Crippen LogP contribution in [0.4, 0.5) is 0 Å². The van der Waals surface area contributed by atoms with Gasteiger partial charge in [-0.05, 0) is 42.5 Å². The molecule has 3 rings (SSSR count). The van der Waals surface area contributed by atoms with Crippen LogP contribution >= 0.6 is 11.6 Å². The van der Waals surface area contributed by atoms with Gasteiger partial charge in [-0.3, -0.25) is 4.79 Å². The molecule has 0 saturated heterocycles. The Morgan fingerprint density at radius 1 is 1.05 bits per heavy atom. The van der Waals surface area contributed by atoms with Crippen LogP contribution in [-0.4, -0.2) is 11.7 Å². The van der Waals surface area contributed by atoms with Gasteiger partial charge in [-0.15, -0.1) is 0 Å². The van der Waals surface area contributed by atoms with Crippen LogP contribution in [0.3, 0.4) is 0 Å². The van der Waals surface area contributed by atoms with Crippen molar-refractivity contribution in [2.75, 3.05) is 7.11 Å². The molecule has 3 aromatic rings. The molecule has 4 heteroatoms. The Labute approximate surface area is 121 Å². The van der Waals surface area contributed by atoms with Gasteiger partial charge in [-0.1, -0.05) is 11.6 Å². The van der Waals surface area contributed by atoms with E-state index in [0.29, 0.717) is 10.4 Å². The van der Waals surface area contributed by atoms with Crippen molar-refractivity contribution in [1.29, 1.82) is 0 Å². The van der Waals surface area contributed by atoms with Gasteiger partial charge >= 0.3 is 0 Å². The number of ether oxygens (including phenoxy) is 1. The van der Waals surface area contributed by atoms with E-state index in [2.05, 4.69) is 0 Å². The summed E-state index contributed by atoms with van der Waals surface area (Å²) in [4.78, 5) is 11.9. The highest BCUT2D eigenvalue weighted by Gasteiger charge is 2.05. The zero-order valence-corrected chi connectivity index (χ0v) is 11.6. The SMILES string of the molecule is COc1ccc(-n2ccc(=O)c3ccc(Cl)cc32)cc1. The summed E-state index contributed by atoms with van der Waals surface area (Å²) in [5.41, 5.74) is 1.72. The van der Waals surface area contributed by atoms with Crippen molar-refractivity contribution >= 4 is 22.5 Å². The molecule has 2 aromatic carbocycles. The third kappa shape index (κ3) is 2.17. The van der Waals surface area contributed by atoms with Crippen molar-refractivity contribution in [3.8, 4) is 11.4 Å². The number of benzene rings is 2. The Bertz CT molecular complexity index is 822. The van der Waals surface area contributed by atoms with Crippen LogP contribution in [0.1, 0.15) is 0 Å². The van der Waals surface area contributed by atoms with Gasteiger partial charge in [0.15, 0.2) is 5.43 Å². The third-order valence-corrected chi connectivity index (χ3v) is 3.45. The molecule has 0 unspecified atom stereocenters. The molecule has 0 N–H and O–H groups in total. The van der Waals surface area contributed by atoms with Crippen molar-refractivity contribution in [3.63, 3.8) is 0 Å². The first-order valence-electron chi connectivity index (χ1n) is 6.14. The summed E-state index contributed by atoms with van der Waals surface area (Å²) in [5, 5.41) is 1.25. The van der Waals surface area contributed by atoms with Crippen LogP contribution in [0.25, 0.3) is 16.6 Å². The second-order valence-corrected chi connectivity index (χ2v) is 4.85. The zero-order chi connectivity index (χ0) is 14.1. The summed E-state index contributed by atoms with van der Waals surface area (Å²) in [6.45, 7) is 0. The molecule has 3 nitrogen and oxygen atoms in total. The highest BCUT2D eigenvalue weighted by Crippen LogP contribution is 2.21. The quantitative estimate of drug-likeness (QED) is 0.720. The smallest absolute Gasteiger partial charge is 0.189 e. The maximum absolute atomic E-state index is 11.9. The molecule has 0 amide bonds. The lowest BCUT2D eigenvalue weighted by Crippen LogP contribution is -2.06. The minimum atomic E-state index is -0.0126. The van der Waals surface area contributed by atoms with Crippen LogP contribution in [0, 0.1) is 0 Å². The van der Waals surface area contributed by atoms with Gasteiger partial charge in [0.25, 0.3) is 0 Å². The summed E-state index contributed by atoms with van der Waals surface area (Å²) in [7, 11) is 1.63. The Kier molecular flexibility index (Phi) is 3.20. The fourth-order valence-electron chi connectivity index (χ4n) is 2.19. The highest BCUT2D eigenvalue weighted by atomic mass is 35.5. The molecule has 1 heterocycles. The van der Waals surface area contributed by atoms with Crippen molar-refractivity contribution < 1.29 is 4.74 Å². The second-order valence-electron chi connectivity index (χ2n) is 4.41. The second kappa shape index (κ2) is 5.02. The Morgan fingerprint density at radius 2 is 1.80 bits per heavy atom. The summed E-state index contributed by atoms with van der Waals surface area (Å²) < 4.78 is 7.08. The van der Waals surface area contributed by atoms with Crippen LogP contribution < -0.4 is 10.2 Å². The Morgan fingerprint density at radius 3 is 2.50 bits per heavy atom. The predicted molar refractivity (Wildman–Crippen MR) is 81.1 cm³/mol. The number of halogens is 1. The molecular weight excluding hydrogens is 274 g/mol. The molecule has 0 atom stereocenters. The molecule has 0 saturated carbocycles. The number of fused-ring (bicyclic) bond motifs is 1. The van der Waals surface area contributed by atoms with E-state index < -0.39 is 0 Å². The van der Waals surface area contributed by atoms with Gasteiger partial charge in [0.2, 0.25) is 0 Å². The van der Waals surface area contributed by atoms with Crippen molar-refractivity contribution in [3.05, 3.63) is 70.0 Å². The van der Waals surface area contributed by atoms with E-state index >= 15 is 0 Å². The van der Waals surface area contributed by atoms with Gasteiger partial charge in [0.1, 0.15) is 5.75 Å². The maximum atomic E-state index is 11.9. The van der Waals surface area contributed by atoms with Crippen molar-refractivity contribution in [1.82, 2.24) is 4.57 Å². The first kappa shape index (κ1) is 12.8. The Hall–Kier alpha value is -2.26. The molecule has 0 spiro atoms. The maximum Gasteiger partial charge on any atom is 0.189 e. The summed E-state index contributed by atoms with van der Waals surface area (Å²) >= 11 is 6.04. The molecule has 0 bridgehead atoms. The van der Waals surface area contributed by atoms with Crippen LogP contribution in [0.15, 0.2) is 59.5 Å². The largest absolute Gasteiger partial charge is 0.497 e. The molecular formula is C16H12ClNO2. The number of hydrogen-bond donors (Lipinski definition) is 0. The van der Waals surface area contributed by atoms with E-state index in [0.717, 1.165) is 17.0 Å². The number of pyridine rings is 1. The van der Waals surface area contributed by atoms with E-state index in [-0.39, 0.29) is 5.43 Å². The topological polar surface area (TPSA) is 31.2 Å². The fourth-order valence-corrected chi connectivity index (χ4v) is 2.36. The van der Waals surface area contributed by atoms with Crippen LogP contribution in [0.2, 0.25) is 5.02 Å². The van der Waals surface area contributed by atoms with Gasteiger partial charge in [-0.25, -0.2) is 0 Å². The van der Waals surface area contributed by atoms with E-state index in [1.165, 1.54) is 0 Å². The number of methoxy groups -OCH3 is 1. The first-order valence-corrected chi connectivity index (χ1v) is 6.52. The van der Waals surface area contributed by atoms with Gasteiger partial charge in [0, 0.05) is 28.4 Å². The molecule has 0 aliphatic rings. The third-order valence-electron chi connectivity index (χ3n) is 3.21. The van der Waals surface area contributed by atoms with Gasteiger partial charge in [-0.2, -0.15) is 0 Å². The minimum absolute atomic E-state index is 0.0126. The molecule has 0 aliphatic carbocycles. The van der Waals surface area contributed by atoms with E-state index in [9.17, 15) is 4.79 Å². The van der Waals surface area contributed by atoms with Crippen molar-refractivity contribution in [2.45, 2.75) is 0 Å². The molecule has 1 aromatic heterocycles. The first-order chi connectivity index (χ1) is 9.69. The number of hydrogen-bond acceptors (Lipinski definition) is 2. The zero-order valence-electron chi connectivity index (χ0n) is 10.8. The normalized spacial score (nSPS) is 10.7. The number of aromatic nitrogens is 1. The molecule has 0 radical (unpaired) electrons. The van der Waals surface area contributed by atoms with E-state index in [1.807, 2.05) is 28.8 Å². The minimum Gasteiger partial charge on any atom is -0.497 e.